The van der Waals surface area contributed by atoms with E-state index < -0.39 is 0 Å². The van der Waals surface area contributed by atoms with E-state index in [1.54, 1.807) is 0 Å². The molecule has 85 heavy (non-hydrogen) atoms. The molecule has 7 heteroatoms. The van der Waals surface area contributed by atoms with Crippen molar-refractivity contribution in [1.29, 1.82) is 0 Å². The first-order chi connectivity index (χ1) is 40.7. The monoisotopic (exact) mass is 1150 g/mol. The molecular weight excluding hydrogens is 1090 g/mol. The summed E-state index contributed by atoms with van der Waals surface area (Å²) in [6.45, 7) is 22.1. The number of nitrogens with zero attached hydrogens (tertiary/aromatic N) is 6. The summed E-state index contributed by atoms with van der Waals surface area (Å²) in [5, 5.41) is 5.25. The first-order valence-corrected chi connectivity index (χ1v) is 30.0. The van der Waals surface area contributed by atoms with Gasteiger partial charge in [-0.25, -0.2) is 9.97 Å². The van der Waals surface area contributed by atoms with E-state index in [0.29, 0.717) is 0 Å². The smallest absolute Gasteiger partial charge is 0.657 e. The van der Waals surface area contributed by atoms with Gasteiger partial charge in [0.15, 0.2) is 0 Å². The molecule has 414 valence electrons. The summed E-state index contributed by atoms with van der Waals surface area (Å²) in [4.78, 5) is 22.9. The average molecular weight is 1160 g/mol. The van der Waals surface area contributed by atoms with Gasteiger partial charge in [-0.3, -0.25) is 0 Å². The second-order valence-corrected chi connectivity index (χ2v) is 24.2. The van der Waals surface area contributed by atoms with Gasteiger partial charge < -0.3 is 19.1 Å². The molecule has 6 nitrogen and oxygen atoms in total. The van der Waals surface area contributed by atoms with Crippen molar-refractivity contribution in [2.24, 2.45) is 14.1 Å². The van der Waals surface area contributed by atoms with Crippen molar-refractivity contribution in [3.05, 3.63) is 212 Å². The predicted molar refractivity (Wildman–Crippen MR) is 358 cm³/mol. The molecule has 0 aliphatic carbocycles. The summed E-state index contributed by atoms with van der Waals surface area (Å²) in [6, 6.07) is 49.8. The van der Waals surface area contributed by atoms with E-state index in [9.17, 15) is 0 Å². The molecule has 0 spiro atoms. The third-order valence-corrected chi connectivity index (χ3v) is 18.2. The maximum Gasteiger partial charge on any atom is 2.00 e. The first-order valence-electron chi connectivity index (χ1n) is 30.0. The number of fused-ring (bicyclic) bond motifs is 14. The molecule has 0 radical (unpaired) electrons. The molecular formula is C78H70N6Zn. The molecule has 7 aromatic carbocycles. The van der Waals surface area contributed by atoms with Gasteiger partial charge in [-0.15, -0.1) is 22.1 Å². The van der Waals surface area contributed by atoms with Crippen LogP contribution in [0.15, 0.2) is 133 Å². The molecule has 5 aromatic heterocycles. The SMILES string of the molecule is CCCCCc1c2c3ccccc3n(C)c2c(-c2ccc(-c3c4nc(c(-c5c(C)cc(C)cc5C)c5ccc([n-]5)c(-c5c(C)cc(C)cc5C)c5nc(c(-c6c(C)cc(C)cc6C)c6ccc3[n-]6)C=C5)C=C4)cc2)c2c3ccccc3n(C)c12.[Zn+2]. The largest absolute Gasteiger partial charge is 2.00 e. The van der Waals surface area contributed by atoms with Crippen LogP contribution in [0.5, 0.6) is 0 Å². The maximum atomic E-state index is 5.76. The minimum atomic E-state index is 0. The predicted octanol–water partition coefficient (Wildman–Crippen LogP) is 20.0. The number of unbranched alkanes of at least 4 members (excludes halogenated alkanes) is 2. The normalized spacial score (nSPS) is 12.2. The van der Waals surface area contributed by atoms with Crippen LogP contribution in [-0.2, 0) is 40.0 Å². The molecule has 0 N–H and O–H groups in total. The van der Waals surface area contributed by atoms with Gasteiger partial charge in [0.25, 0.3) is 0 Å². The zero-order valence-corrected chi connectivity index (χ0v) is 54.2. The molecule has 8 bridgehead atoms. The Morgan fingerprint density at radius 2 is 0.729 bits per heavy atom. The zero-order valence-electron chi connectivity index (χ0n) is 51.2. The van der Waals surface area contributed by atoms with Crippen LogP contribution < -0.4 is 9.97 Å². The van der Waals surface area contributed by atoms with Crippen LogP contribution >= 0.6 is 0 Å². The second-order valence-electron chi connectivity index (χ2n) is 24.2. The second kappa shape index (κ2) is 21.5. The fraction of sp³-hybridized carbons (Fsp3) is 0.205. The van der Waals surface area contributed by atoms with Crippen molar-refractivity contribution in [3.63, 3.8) is 0 Å². The number of hydrogen-bond donors (Lipinski definition) is 0. The zero-order chi connectivity index (χ0) is 58.0. The molecule has 2 aliphatic heterocycles. The van der Waals surface area contributed by atoms with Crippen LogP contribution in [0.2, 0.25) is 0 Å². The van der Waals surface area contributed by atoms with Crippen molar-refractivity contribution < 1.29 is 19.5 Å². The topological polar surface area (TPSA) is 63.8 Å². The van der Waals surface area contributed by atoms with E-state index in [1.165, 1.54) is 123 Å². The molecule has 0 amide bonds. The summed E-state index contributed by atoms with van der Waals surface area (Å²) >= 11 is 0. The molecule has 7 heterocycles. The van der Waals surface area contributed by atoms with E-state index in [0.717, 1.165) is 102 Å². The number of para-hydroxylation sites is 2. The van der Waals surface area contributed by atoms with E-state index in [2.05, 4.69) is 250 Å². The summed E-state index contributed by atoms with van der Waals surface area (Å²) in [7, 11) is 4.53. The van der Waals surface area contributed by atoms with Gasteiger partial charge in [-0.05, 0) is 201 Å². The standard InChI is InChI=1S/C78H70N6.Zn/c1-13-14-15-22-56-72-54-20-16-18-23-65(54)84(12)78(72)71(73-55-21-17-19-24-66(55)83(11)77(56)73)53-27-25-52(26-28-53)70-57-29-31-59(79-57)74(67-46(5)37-43(2)38-47(67)6)61-33-35-63(81-61)76(69-50(9)41-45(4)42-51(69)10)64-36-34-62(82-64)75(60-32-30-58(70)80-60)68-48(7)39-44(3)40-49(68)8;/h16-21,23-42H,13-15,22H2,1-12H3;/q-2;+2. The van der Waals surface area contributed by atoms with E-state index in [1.807, 2.05) is 0 Å². The Balaban J connectivity index is 0.00000672. The van der Waals surface area contributed by atoms with Crippen molar-refractivity contribution in [2.75, 3.05) is 0 Å². The third-order valence-electron chi connectivity index (χ3n) is 18.2. The summed E-state index contributed by atoms with van der Waals surface area (Å²) < 4.78 is 4.92. The summed E-state index contributed by atoms with van der Waals surface area (Å²) in [5.74, 6) is 0. The van der Waals surface area contributed by atoms with Crippen LogP contribution in [-0.4, -0.2) is 19.1 Å². The van der Waals surface area contributed by atoms with Crippen LogP contribution in [0.25, 0.3) is 146 Å². The minimum absolute atomic E-state index is 0. The van der Waals surface area contributed by atoms with Crippen LogP contribution in [0, 0.1) is 62.3 Å². The van der Waals surface area contributed by atoms with Crippen molar-refractivity contribution in [1.82, 2.24) is 29.1 Å². The average Bonchev–Trinajstić information content (AvgIpc) is 2.34. The Kier molecular flexibility index (Phi) is 14.0. The third kappa shape index (κ3) is 8.99. The van der Waals surface area contributed by atoms with Gasteiger partial charge in [0, 0.05) is 52.2 Å². The van der Waals surface area contributed by atoms with E-state index in [-0.39, 0.29) is 19.5 Å². The van der Waals surface area contributed by atoms with Gasteiger partial charge in [-0.1, -0.05) is 158 Å². The van der Waals surface area contributed by atoms with Crippen molar-refractivity contribution in [2.45, 2.75) is 94.9 Å². The van der Waals surface area contributed by atoms with Gasteiger partial charge >= 0.3 is 19.5 Å². The quantitative estimate of drug-likeness (QED) is 0.107. The Morgan fingerprint density at radius 1 is 0.376 bits per heavy atom. The number of hydrogen-bond acceptors (Lipinski definition) is 2. The molecule has 12 aromatic rings. The summed E-state index contributed by atoms with van der Waals surface area (Å²) in [5.41, 5.74) is 35.2. The van der Waals surface area contributed by atoms with E-state index >= 15 is 0 Å². The molecule has 0 saturated carbocycles. The number of aromatic nitrogens is 6. The van der Waals surface area contributed by atoms with Gasteiger partial charge in [0.2, 0.25) is 0 Å². The van der Waals surface area contributed by atoms with Gasteiger partial charge in [-0.2, -0.15) is 0 Å². The Labute approximate surface area is 511 Å². The van der Waals surface area contributed by atoms with Crippen LogP contribution in [0.4, 0.5) is 0 Å². The van der Waals surface area contributed by atoms with Crippen LogP contribution in [0.3, 0.4) is 0 Å². The van der Waals surface area contributed by atoms with Crippen molar-refractivity contribution >= 4 is 90.0 Å². The molecule has 0 saturated heterocycles. The minimum Gasteiger partial charge on any atom is -0.657 e. The molecule has 0 atom stereocenters. The van der Waals surface area contributed by atoms with Gasteiger partial charge in [0.05, 0.1) is 33.8 Å². The Hall–Kier alpha value is -8.64. The number of benzene rings is 7. The number of aryl methyl sites for hydroxylation is 12. The molecule has 0 unspecified atom stereocenters. The molecule has 0 fully saturated rings. The van der Waals surface area contributed by atoms with E-state index in [4.69, 9.17) is 19.9 Å². The summed E-state index contributed by atoms with van der Waals surface area (Å²) in [6.07, 6.45) is 13.3. The first kappa shape index (κ1) is 55.5. The maximum absolute atomic E-state index is 5.76. The number of rotatable bonds is 9. The van der Waals surface area contributed by atoms with Crippen LogP contribution in [0.1, 0.15) is 105 Å². The Morgan fingerprint density at radius 3 is 1.14 bits per heavy atom. The molecule has 2 aliphatic rings. The fourth-order valence-corrected chi connectivity index (χ4v) is 15.0. The van der Waals surface area contributed by atoms with Gasteiger partial charge in [0.1, 0.15) is 0 Å². The molecule has 14 rings (SSSR count). The van der Waals surface area contributed by atoms with Crippen molar-refractivity contribution in [3.8, 4) is 55.6 Å². The fourth-order valence-electron chi connectivity index (χ4n) is 15.0. The Bertz CT molecular complexity index is 4900.